The molecule has 1 aromatic rings. The zero-order valence-electron chi connectivity index (χ0n) is 15.7. The molecule has 3 N–H and O–H groups in total. The molecule has 2 atom stereocenters. The van der Waals surface area contributed by atoms with Crippen molar-refractivity contribution in [3.8, 4) is 0 Å². The Labute approximate surface area is 150 Å². The molecule has 1 aromatic carbocycles. The first kappa shape index (κ1) is 19.2. The molecule has 1 amide bonds. The number of benzene rings is 1. The van der Waals surface area contributed by atoms with Crippen molar-refractivity contribution in [1.82, 2.24) is 10.2 Å². The minimum atomic E-state index is 0.0511. The lowest BCUT2D eigenvalue weighted by Crippen LogP contribution is -2.48. The maximum atomic E-state index is 12.6. The number of morpholine rings is 1. The number of nitrogens with zero attached hydrogens (tertiary/aromatic N) is 2. The van der Waals surface area contributed by atoms with E-state index >= 15 is 0 Å². The third-order valence-corrected chi connectivity index (χ3v) is 4.03. The largest absolute Gasteiger partial charge is 0.372 e. The lowest BCUT2D eigenvalue weighted by atomic mass is 10.1. The zero-order chi connectivity index (χ0) is 18.4. The first-order valence-corrected chi connectivity index (χ1v) is 8.92. The molecule has 0 bridgehead atoms. The SMILES string of the molecule is CC(C)CNC(N)=NCc1ccc(C(=O)N2CC(C)OC(C)C2)cc1. The van der Waals surface area contributed by atoms with E-state index in [0.29, 0.717) is 37.1 Å². The maximum Gasteiger partial charge on any atom is 0.254 e. The quantitative estimate of drug-likeness (QED) is 0.631. The Morgan fingerprint density at radius 2 is 1.88 bits per heavy atom. The number of carbonyl (C=O) groups excluding carboxylic acids is 1. The van der Waals surface area contributed by atoms with Crippen LogP contribution in [0.1, 0.15) is 43.6 Å². The Kier molecular flexibility index (Phi) is 6.82. The molecule has 1 heterocycles. The van der Waals surface area contributed by atoms with E-state index in [1.807, 2.05) is 43.0 Å². The lowest BCUT2D eigenvalue weighted by Gasteiger charge is -2.35. The second kappa shape index (κ2) is 8.85. The molecule has 1 aliphatic heterocycles. The third kappa shape index (κ3) is 6.05. The molecule has 1 aliphatic rings. The fraction of sp³-hybridized carbons (Fsp3) is 0.579. The van der Waals surface area contributed by atoms with Gasteiger partial charge in [-0.3, -0.25) is 4.79 Å². The van der Waals surface area contributed by atoms with E-state index in [4.69, 9.17) is 10.5 Å². The van der Waals surface area contributed by atoms with Crippen molar-refractivity contribution < 1.29 is 9.53 Å². The summed E-state index contributed by atoms with van der Waals surface area (Å²) < 4.78 is 5.68. The van der Waals surface area contributed by atoms with E-state index in [2.05, 4.69) is 24.2 Å². The molecule has 25 heavy (non-hydrogen) atoms. The van der Waals surface area contributed by atoms with Crippen molar-refractivity contribution >= 4 is 11.9 Å². The average Bonchev–Trinajstić information content (AvgIpc) is 2.57. The summed E-state index contributed by atoms with van der Waals surface area (Å²) in [5.74, 6) is 1.02. The van der Waals surface area contributed by atoms with Gasteiger partial charge in [0.25, 0.3) is 5.91 Å². The lowest BCUT2D eigenvalue weighted by molar-refractivity contribution is -0.0586. The van der Waals surface area contributed by atoms with Crippen LogP contribution in [0.5, 0.6) is 0 Å². The molecule has 0 aliphatic carbocycles. The number of rotatable bonds is 5. The number of guanidine groups is 1. The highest BCUT2D eigenvalue weighted by atomic mass is 16.5. The number of nitrogens with two attached hydrogens (primary N) is 1. The molecular weight excluding hydrogens is 316 g/mol. The van der Waals surface area contributed by atoms with Crippen LogP contribution in [0.25, 0.3) is 0 Å². The average molecular weight is 346 g/mol. The molecule has 0 radical (unpaired) electrons. The summed E-state index contributed by atoms with van der Waals surface area (Å²) >= 11 is 0. The van der Waals surface area contributed by atoms with E-state index in [-0.39, 0.29) is 18.1 Å². The first-order chi connectivity index (χ1) is 11.8. The van der Waals surface area contributed by atoms with E-state index < -0.39 is 0 Å². The molecule has 2 rings (SSSR count). The van der Waals surface area contributed by atoms with Gasteiger partial charge in [0.15, 0.2) is 5.96 Å². The molecule has 1 saturated heterocycles. The summed E-state index contributed by atoms with van der Waals surface area (Å²) in [6.07, 6.45) is 0.144. The molecule has 6 heteroatoms. The van der Waals surface area contributed by atoms with E-state index in [9.17, 15) is 4.79 Å². The van der Waals surface area contributed by atoms with Gasteiger partial charge in [0, 0.05) is 25.2 Å². The smallest absolute Gasteiger partial charge is 0.254 e. The second-order valence-corrected chi connectivity index (χ2v) is 7.14. The molecule has 0 saturated carbocycles. The number of ether oxygens (including phenoxy) is 1. The Bertz CT molecular complexity index is 588. The van der Waals surface area contributed by atoms with E-state index in [1.165, 1.54) is 0 Å². The van der Waals surface area contributed by atoms with Crippen LogP contribution in [0.15, 0.2) is 29.3 Å². The van der Waals surface area contributed by atoms with Crippen LogP contribution in [0.4, 0.5) is 0 Å². The van der Waals surface area contributed by atoms with Crippen LogP contribution >= 0.6 is 0 Å². The van der Waals surface area contributed by atoms with Crippen LogP contribution < -0.4 is 11.1 Å². The number of hydrogen-bond donors (Lipinski definition) is 2. The Morgan fingerprint density at radius 1 is 1.28 bits per heavy atom. The summed E-state index contributed by atoms with van der Waals surface area (Å²) in [6, 6.07) is 7.57. The highest BCUT2D eigenvalue weighted by molar-refractivity contribution is 5.94. The summed E-state index contributed by atoms with van der Waals surface area (Å²) in [4.78, 5) is 18.8. The number of amides is 1. The van der Waals surface area contributed by atoms with Crippen molar-refractivity contribution in [2.45, 2.75) is 46.4 Å². The topological polar surface area (TPSA) is 79.9 Å². The van der Waals surface area contributed by atoms with Crippen molar-refractivity contribution in [3.63, 3.8) is 0 Å². The predicted octanol–water partition coefficient (Wildman–Crippen LogP) is 2.00. The van der Waals surface area contributed by atoms with Gasteiger partial charge < -0.3 is 20.7 Å². The predicted molar refractivity (Wildman–Crippen MR) is 101 cm³/mol. The minimum absolute atomic E-state index is 0.0511. The molecule has 1 fully saturated rings. The Morgan fingerprint density at radius 3 is 2.44 bits per heavy atom. The van der Waals surface area contributed by atoms with Gasteiger partial charge in [-0.1, -0.05) is 26.0 Å². The third-order valence-electron chi connectivity index (χ3n) is 4.03. The van der Waals surface area contributed by atoms with E-state index in [1.54, 1.807) is 0 Å². The van der Waals surface area contributed by atoms with Gasteiger partial charge in [-0.05, 0) is 37.5 Å². The standard InChI is InChI=1S/C19H30N4O2/c1-13(2)9-21-19(20)22-10-16-5-7-17(8-6-16)18(24)23-11-14(3)25-15(4)12-23/h5-8,13-15H,9-12H2,1-4H3,(H3,20,21,22). The first-order valence-electron chi connectivity index (χ1n) is 8.92. The number of aliphatic imine (C=N–C) groups is 1. The van der Waals surface area contributed by atoms with Gasteiger partial charge in [-0.15, -0.1) is 0 Å². The fourth-order valence-electron chi connectivity index (χ4n) is 2.82. The van der Waals surface area contributed by atoms with Crippen molar-refractivity contribution in [2.75, 3.05) is 19.6 Å². The van der Waals surface area contributed by atoms with Gasteiger partial charge in [-0.25, -0.2) is 4.99 Å². The molecular formula is C19H30N4O2. The van der Waals surface area contributed by atoms with Gasteiger partial charge >= 0.3 is 0 Å². The van der Waals surface area contributed by atoms with Gasteiger partial charge in [0.05, 0.1) is 18.8 Å². The summed E-state index contributed by atoms with van der Waals surface area (Å²) in [7, 11) is 0. The Balaban J connectivity index is 1.93. The zero-order valence-corrected chi connectivity index (χ0v) is 15.7. The molecule has 6 nitrogen and oxygen atoms in total. The van der Waals surface area contributed by atoms with Crippen molar-refractivity contribution in [3.05, 3.63) is 35.4 Å². The van der Waals surface area contributed by atoms with Gasteiger partial charge in [0.1, 0.15) is 0 Å². The van der Waals surface area contributed by atoms with Crippen LogP contribution in [-0.2, 0) is 11.3 Å². The molecule has 0 aromatic heterocycles. The van der Waals surface area contributed by atoms with Crippen LogP contribution in [0, 0.1) is 5.92 Å². The number of hydrogen-bond acceptors (Lipinski definition) is 3. The highest BCUT2D eigenvalue weighted by Gasteiger charge is 2.26. The fourth-order valence-corrected chi connectivity index (χ4v) is 2.82. The van der Waals surface area contributed by atoms with Crippen LogP contribution in [0.3, 0.4) is 0 Å². The summed E-state index contributed by atoms with van der Waals surface area (Å²) in [6.45, 7) is 10.8. The van der Waals surface area contributed by atoms with E-state index in [0.717, 1.165) is 12.1 Å². The molecule has 0 spiro atoms. The Hall–Kier alpha value is -2.08. The minimum Gasteiger partial charge on any atom is -0.372 e. The normalized spacial score (nSPS) is 21.5. The highest BCUT2D eigenvalue weighted by Crippen LogP contribution is 2.15. The summed E-state index contributed by atoms with van der Waals surface area (Å²) in [5.41, 5.74) is 7.55. The van der Waals surface area contributed by atoms with Gasteiger partial charge in [-0.2, -0.15) is 0 Å². The monoisotopic (exact) mass is 346 g/mol. The van der Waals surface area contributed by atoms with Gasteiger partial charge in [0.2, 0.25) is 0 Å². The summed E-state index contributed by atoms with van der Waals surface area (Å²) in [5, 5.41) is 3.09. The van der Waals surface area contributed by atoms with Crippen molar-refractivity contribution in [1.29, 1.82) is 0 Å². The molecule has 2 unspecified atom stereocenters. The number of carbonyl (C=O) groups is 1. The van der Waals surface area contributed by atoms with Crippen molar-refractivity contribution in [2.24, 2.45) is 16.6 Å². The van der Waals surface area contributed by atoms with Crippen LogP contribution in [0.2, 0.25) is 0 Å². The molecule has 138 valence electrons. The van der Waals surface area contributed by atoms with Crippen LogP contribution in [-0.4, -0.2) is 48.6 Å². The maximum absolute atomic E-state index is 12.6. The second-order valence-electron chi connectivity index (χ2n) is 7.14. The number of nitrogens with one attached hydrogen (secondary N) is 1.